The molecule has 1 aliphatic carbocycles. The molecule has 0 aromatic heterocycles. The summed E-state index contributed by atoms with van der Waals surface area (Å²) < 4.78 is 0. The van der Waals surface area contributed by atoms with Crippen LogP contribution in [-0.4, -0.2) is 35.6 Å². The highest BCUT2D eigenvalue weighted by atomic mass is 16.4. The Hall–Kier alpha value is -0.570. The number of nitrogens with zero attached hydrogens (tertiary/aromatic N) is 1. The van der Waals surface area contributed by atoms with Crippen molar-refractivity contribution in [2.45, 2.75) is 72.3 Å². The lowest BCUT2D eigenvalue weighted by Crippen LogP contribution is -2.47. The van der Waals surface area contributed by atoms with Gasteiger partial charge in [0.05, 0.1) is 5.92 Å². The van der Waals surface area contributed by atoms with Crippen LogP contribution in [0.15, 0.2) is 0 Å². The zero-order valence-corrected chi connectivity index (χ0v) is 14.0. The minimum Gasteiger partial charge on any atom is -0.481 e. The molecule has 0 bridgehead atoms. The Morgan fingerprint density at radius 3 is 2.40 bits per heavy atom. The molecule has 1 aliphatic rings. The fraction of sp³-hybridized carbons (Fsp3) is 0.941. The molecule has 1 rings (SSSR count). The monoisotopic (exact) mass is 283 g/mol. The summed E-state index contributed by atoms with van der Waals surface area (Å²) in [5.41, 5.74) is 0.284. The molecular weight excluding hydrogens is 250 g/mol. The number of aliphatic carboxylic acids is 1. The summed E-state index contributed by atoms with van der Waals surface area (Å²) in [6.45, 7) is 10.1. The average molecular weight is 283 g/mol. The van der Waals surface area contributed by atoms with E-state index in [1.807, 2.05) is 0 Å². The first-order valence-corrected chi connectivity index (χ1v) is 8.20. The Morgan fingerprint density at radius 1 is 1.25 bits per heavy atom. The van der Waals surface area contributed by atoms with Crippen LogP contribution in [0, 0.1) is 17.3 Å². The summed E-state index contributed by atoms with van der Waals surface area (Å²) in [4.78, 5) is 13.8. The van der Waals surface area contributed by atoms with Crippen molar-refractivity contribution in [1.82, 2.24) is 4.90 Å². The van der Waals surface area contributed by atoms with E-state index in [2.05, 4.69) is 39.6 Å². The molecule has 0 radical (unpaired) electrons. The maximum absolute atomic E-state index is 11.5. The van der Waals surface area contributed by atoms with Gasteiger partial charge in [-0.05, 0) is 50.6 Å². The van der Waals surface area contributed by atoms with Crippen LogP contribution in [0.4, 0.5) is 0 Å². The Morgan fingerprint density at radius 2 is 1.90 bits per heavy atom. The van der Waals surface area contributed by atoms with Crippen molar-refractivity contribution < 1.29 is 9.90 Å². The summed E-state index contributed by atoms with van der Waals surface area (Å²) >= 11 is 0. The first-order chi connectivity index (χ1) is 9.27. The van der Waals surface area contributed by atoms with Gasteiger partial charge >= 0.3 is 5.97 Å². The van der Waals surface area contributed by atoms with Gasteiger partial charge < -0.3 is 10.0 Å². The molecule has 20 heavy (non-hydrogen) atoms. The van der Waals surface area contributed by atoms with Crippen LogP contribution >= 0.6 is 0 Å². The van der Waals surface area contributed by atoms with Gasteiger partial charge in [0.25, 0.3) is 0 Å². The van der Waals surface area contributed by atoms with E-state index in [0.717, 1.165) is 25.8 Å². The Balaban J connectivity index is 2.70. The molecule has 0 amide bonds. The highest BCUT2D eigenvalue weighted by molar-refractivity contribution is 5.71. The lowest BCUT2D eigenvalue weighted by atomic mass is 9.67. The van der Waals surface area contributed by atoms with Gasteiger partial charge in [-0.1, -0.05) is 40.5 Å². The van der Waals surface area contributed by atoms with E-state index in [1.54, 1.807) is 0 Å². The van der Waals surface area contributed by atoms with Crippen LogP contribution in [-0.2, 0) is 4.79 Å². The highest BCUT2D eigenvalue weighted by Gasteiger charge is 2.40. The third-order valence-corrected chi connectivity index (χ3v) is 5.04. The summed E-state index contributed by atoms with van der Waals surface area (Å²) in [5.74, 6) is -0.151. The van der Waals surface area contributed by atoms with E-state index >= 15 is 0 Å². The Kier molecular flexibility index (Phi) is 6.50. The zero-order chi connectivity index (χ0) is 15.3. The predicted octanol–water partition coefficient (Wildman–Crippen LogP) is 4.02. The van der Waals surface area contributed by atoms with E-state index in [-0.39, 0.29) is 17.4 Å². The largest absolute Gasteiger partial charge is 0.481 e. The first kappa shape index (κ1) is 17.5. The number of carboxylic acid groups (broad SMARTS) is 1. The molecule has 0 spiro atoms. The molecule has 0 aliphatic heterocycles. The second-order valence-corrected chi connectivity index (χ2v) is 7.58. The van der Waals surface area contributed by atoms with Gasteiger partial charge in [0, 0.05) is 6.04 Å². The van der Waals surface area contributed by atoms with Crippen LogP contribution in [0.1, 0.15) is 66.2 Å². The van der Waals surface area contributed by atoms with Crippen LogP contribution in [0.2, 0.25) is 0 Å². The normalized spacial score (nSPS) is 27.8. The molecule has 1 N–H and O–H groups in total. The second kappa shape index (κ2) is 7.44. The summed E-state index contributed by atoms with van der Waals surface area (Å²) in [7, 11) is 2.11. The first-order valence-electron chi connectivity index (χ1n) is 8.20. The van der Waals surface area contributed by atoms with Crippen molar-refractivity contribution in [3.05, 3.63) is 0 Å². The third kappa shape index (κ3) is 4.76. The van der Waals surface area contributed by atoms with E-state index < -0.39 is 5.97 Å². The van der Waals surface area contributed by atoms with E-state index in [1.165, 1.54) is 19.3 Å². The zero-order valence-electron chi connectivity index (χ0n) is 14.0. The molecule has 3 heteroatoms. The van der Waals surface area contributed by atoms with E-state index in [0.29, 0.717) is 5.92 Å². The fourth-order valence-corrected chi connectivity index (χ4v) is 3.49. The van der Waals surface area contributed by atoms with Crippen LogP contribution < -0.4 is 0 Å². The van der Waals surface area contributed by atoms with Gasteiger partial charge in [-0.3, -0.25) is 4.79 Å². The van der Waals surface area contributed by atoms with Crippen LogP contribution in [0.5, 0.6) is 0 Å². The highest BCUT2D eigenvalue weighted by Crippen LogP contribution is 2.41. The minimum absolute atomic E-state index is 0.180. The number of hydrogen-bond acceptors (Lipinski definition) is 2. The molecule has 3 unspecified atom stereocenters. The summed E-state index contributed by atoms with van der Waals surface area (Å²) in [6.07, 6.45) is 6.54. The maximum atomic E-state index is 11.5. The van der Waals surface area contributed by atoms with Gasteiger partial charge in [-0.2, -0.15) is 0 Å². The minimum atomic E-state index is -0.607. The predicted molar refractivity (Wildman–Crippen MR) is 83.9 cm³/mol. The van der Waals surface area contributed by atoms with Gasteiger partial charge in [0.1, 0.15) is 0 Å². The molecule has 1 saturated carbocycles. The molecule has 3 atom stereocenters. The third-order valence-electron chi connectivity index (χ3n) is 5.04. The number of carbonyl (C=O) groups is 1. The number of rotatable bonds is 6. The fourth-order valence-electron chi connectivity index (χ4n) is 3.49. The summed E-state index contributed by atoms with van der Waals surface area (Å²) in [6, 6.07) is 0.210. The second-order valence-electron chi connectivity index (χ2n) is 7.58. The molecule has 3 nitrogen and oxygen atoms in total. The molecule has 0 saturated heterocycles. The molecule has 0 aromatic rings. The van der Waals surface area contributed by atoms with Crippen molar-refractivity contribution in [2.75, 3.05) is 13.6 Å². The van der Waals surface area contributed by atoms with Crippen molar-refractivity contribution in [1.29, 1.82) is 0 Å². The van der Waals surface area contributed by atoms with Crippen LogP contribution in [0.25, 0.3) is 0 Å². The summed E-state index contributed by atoms with van der Waals surface area (Å²) in [5, 5.41) is 9.49. The Bertz CT molecular complexity index is 309. The molecule has 0 aromatic carbocycles. The van der Waals surface area contributed by atoms with Gasteiger partial charge in [-0.25, -0.2) is 0 Å². The van der Waals surface area contributed by atoms with Gasteiger partial charge in [-0.15, -0.1) is 0 Å². The topological polar surface area (TPSA) is 40.5 Å². The van der Waals surface area contributed by atoms with Crippen molar-refractivity contribution >= 4 is 5.97 Å². The lowest BCUT2D eigenvalue weighted by molar-refractivity contribution is -0.146. The van der Waals surface area contributed by atoms with Crippen molar-refractivity contribution in [3.8, 4) is 0 Å². The van der Waals surface area contributed by atoms with Crippen molar-refractivity contribution in [3.63, 3.8) is 0 Å². The standard InChI is InChI=1S/C17H33NO2/c1-6-7-8-11-18(5)15-12-13(17(2,3)4)9-10-14(15)16(19)20/h13-15H,6-12H2,1-5H3,(H,19,20). The van der Waals surface area contributed by atoms with Gasteiger partial charge in [0.2, 0.25) is 0 Å². The molecular formula is C17H33NO2. The quantitative estimate of drug-likeness (QED) is 0.748. The van der Waals surface area contributed by atoms with Crippen LogP contribution in [0.3, 0.4) is 0 Å². The van der Waals surface area contributed by atoms with Gasteiger partial charge in [0.15, 0.2) is 0 Å². The lowest BCUT2D eigenvalue weighted by Gasteiger charge is -2.44. The van der Waals surface area contributed by atoms with E-state index in [4.69, 9.17) is 0 Å². The molecule has 1 fully saturated rings. The number of unbranched alkanes of at least 4 members (excludes halogenated alkanes) is 2. The maximum Gasteiger partial charge on any atom is 0.308 e. The number of hydrogen-bond donors (Lipinski definition) is 1. The average Bonchev–Trinajstić information content (AvgIpc) is 2.37. The molecule has 118 valence electrons. The van der Waals surface area contributed by atoms with E-state index in [9.17, 15) is 9.90 Å². The molecule has 0 heterocycles. The SMILES string of the molecule is CCCCCN(C)C1CC(C(C)(C)C)CCC1C(=O)O. The number of carboxylic acids is 1. The van der Waals surface area contributed by atoms with Crippen molar-refractivity contribution in [2.24, 2.45) is 17.3 Å². The Labute approximate surface area is 124 Å². The smallest absolute Gasteiger partial charge is 0.308 e.